The topological polar surface area (TPSA) is 49.4 Å². The second-order valence-corrected chi connectivity index (χ2v) is 7.61. The number of carbonyl (C=O) groups excluding carboxylic acids is 2. The Balaban J connectivity index is 2.36. The van der Waals surface area contributed by atoms with Crippen molar-refractivity contribution in [3.63, 3.8) is 0 Å². The van der Waals surface area contributed by atoms with Gasteiger partial charge < -0.3 is 10.2 Å². The fraction of sp³-hybridized carbons (Fsp3) is 0.875. The van der Waals surface area contributed by atoms with E-state index in [1.165, 1.54) is 0 Å². The van der Waals surface area contributed by atoms with Gasteiger partial charge in [0.2, 0.25) is 11.8 Å². The highest BCUT2D eigenvalue weighted by Gasteiger charge is 2.53. The molecule has 0 aromatic rings. The minimum absolute atomic E-state index is 0.0473. The summed E-state index contributed by atoms with van der Waals surface area (Å²) in [6.45, 7) is 6.17. The molecule has 0 radical (unpaired) electrons. The lowest BCUT2D eigenvalue weighted by molar-refractivity contribution is -0.159. The average Bonchev–Trinajstić information content (AvgIpc) is 2.89. The Morgan fingerprint density at radius 3 is 2.43 bits per heavy atom. The maximum Gasteiger partial charge on any atom is 0.249 e. The van der Waals surface area contributed by atoms with Crippen molar-refractivity contribution in [3.05, 3.63) is 0 Å². The van der Waals surface area contributed by atoms with Crippen LogP contribution in [-0.2, 0) is 9.59 Å². The van der Waals surface area contributed by atoms with Gasteiger partial charge in [-0.25, -0.2) is 0 Å². The van der Waals surface area contributed by atoms with Gasteiger partial charge in [-0.15, -0.1) is 0 Å². The molecule has 120 valence electrons. The number of nitrogens with one attached hydrogen (secondary N) is 1. The fourth-order valence-corrected chi connectivity index (χ4v) is 4.57. The van der Waals surface area contributed by atoms with Crippen molar-refractivity contribution in [3.8, 4) is 0 Å². The van der Waals surface area contributed by atoms with E-state index in [1.54, 1.807) is 11.8 Å². The van der Waals surface area contributed by atoms with E-state index in [0.717, 1.165) is 37.9 Å². The number of rotatable bonds is 5. The Kier molecular flexibility index (Phi) is 5.23. The largest absolute Gasteiger partial charge is 0.340 e. The summed E-state index contributed by atoms with van der Waals surface area (Å²) in [6, 6.07) is -0.163. The van der Waals surface area contributed by atoms with Crippen LogP contribution in [0.4, 0.5) is 0 Å². The summed E-state index contributed by atoms with van der Waals surface area (Å²) >= 11 is 1.75. The van der Waals surface area contributed by atoms with E-state index >= 15 is 0 Å². The molecule has 1 N–H and O–H groups in total. The molecule has 0 aromatic carbocycles. The fourth-order valence-electron chi connectivity index (χ4n) is 3.78. The third-order valence-corrected chi connectivity index (χ3v) is 5.61. The van der Waals surface area contributed by atoms with Gasteiger partial charge in [-0.2, -0.15) is 11.8 Å². The molecule has 1 saturated heterocycles. The lowest BCUT2D eigenvalue weighted by Crippen LogP contribution is -2.72. The second kappa shape index (κ2) is 6.59. The van der Waals surface area contributed by atoms with E-state index in [2.05, 4.69) is 18.5 Å². The van der Waals surface area contributed by atoms with E-state index in [-0.39, 0.29) is 29.8 Å². The molecule has 21 heavy (non-hydrogen) atoms. The Hall–Kier alpha value is -0.710. The smallest absolute Gasteiger partial charge is 0.249 e. The minimum Gasteiger partial charge on any atom is -0.340 e. The third-order valence-electron chi connectivity index (χ3n) is 4.89. The average molecular weight is 312 g/mol. The van der Waals surface area contributed by atoms with Gasteiger partial charge in [0, 0.05) is 11.8 Å². The molecule has 5 heteroatoms. The Morgan fingerprint density at radius 1 is 1.33 bits per heavy atom. The summed E-state index contributed by atoms with van der Waals surface area (Å²) in [5, 5.41) is 3.09. The summed E-state index contributed by atoms with van der Waals surface area (Å²) in [5.74, 6) is 1.25. The van der Waals surface area contributed by atoms with E-state index in [1.807, 2.05) is 18.7 Å². The molecule has 2 atom stereocenters. The van der Waals surface area contributed by atoms with E-state index < -0.39 is 5.54 Å². The first-order valence-corrected chi connectivity index (χ1v) is 9.50. The molecule has 1 aliphatic heterocycles. The first kappa shape index (κ1) is 16.7. The van der Waals surface area contributed by atoms with Crippen LogP contribution in [-0.4, -0.2) is 46.3 Å². The van der Waals surface area contributed by atoms with Crippen molar-refractivity contribution in [2.75, 3.05) is 12.0 Å². The summed E-state index contributed by atoms with van der Waals surface area (Å²) in [5.41, 5.74) is -0.603. The molecule has 2 aliphatic rings. The van der Waals surface area contributed by atoms with Crippen LogP contribution >= 0.6 is 11.8 Å². The van der Waals surface area contributed by atoms with Crippen molar-refractivity contribution in [1.82, 2.24) is 10.2 Å². The highest BCUT2D eigenvalue weighted by atomic mass is 32.2. The number of hydrogen-bond acceptors (Lipinski definition) is 3. The molecule has 2 rings (SSSR count). The molecule has 2 fully saturated rings. The molecular formula is C16H28N2O2S. The monoisotopic (exact) mass is 312 g/mol. The van der Waals surface area contributed by atoms with Crippen molar-refractivity contribution in [1.29, 1.82) is 0 Å². The second-order valence-electron chi connectivity index (χ2n) is 6.70. The van der Waals surface area contributed by atoms with Crippen LogP contribution < -0.4 is 5.32 Å². The van der Waals surface area contributed by atoms with Crippen LogP contribution in [0.5, 0.6) is 0 Å². The third kappa shape index (κ3) is 2.94. The Morgan fingerprint density at radius 2 is 1.95 bits per heavy atom. The Labute approximate surface area is 132 Å². The van der Waals surface area contributed by atoms with E-state index in [0.29, 0.717) is 0 Å². The van der Waals surface area contributed by atoms with Crippen LogP contribution in [0.2, 0.25) is 0 Å². The number of nitrogens with zero attached hydrogens (tertiary/aromatic N) is 1. The molecule has 1 spiro atoms. The van der Waals surface area contributed by atoms with Gasteiger partial charge in [0.25, 0.3) is 0 Å². The molecule has 0 bridgehead atoms. The number of hydrogen-bond donors (Lipinski definition) is 1. The zero-order valence-corrected chi connectivity index (χ0v) is 14.5. The lowest BCUT2D eigenvalue weighted by atomic mass is 9.86. The molecule has 1 heterocycles. The molecule has 2 amide bonds. The normalized spacial score (nSPS) is 26.5. The van der Waals surface area contributed by atoms with Gasteiger partial charge >= 0.3 is 0 Å². The summed E-state index contributed by atoms with van der Waals surface area (Å²) in [4.78, 5) is 27.8. The molecule has 2 unspecified atom stereocenters. The van der Waals surface area contributed by atoms with Gasteiger partial charge in [0.1, 0.15) is 11.6 Å². The van der Waals surface area contributed by atoms with Gasteiger partial charge in [0.15, 0.2) is 0 Å². The number of amides is 2. The van der Waals surface area contributed by atoms with E-state index in [4.69, 9.17) is 0 Å². The SMILES string of the molecule is CCC(CSC)N1C(=O)C2(CCCC2)NC(=O)C1C(C)C. The minimum atomic E-state index is -0.603. The van der Waals surface area contributed by atoms with Crippen molar-refractivity contribution >= 4 is 23.6 Å². The maximum atomic E-state index is 13.2. The van der Waals surface area contributed by atoms with Gasteiger partial charge in [-0.3, -0.25) is 9.59 Å². The Bertz CT molecular complexity index is 405. The molecule has 1 saturated carbocycles. The van der Waals surface area contributed by atoms with Crippen molar-refractivity contribution in [2.45, 2.75) is 70.5 Å². The van der Waals surface area contributed by atoms with Crippen molar-refractivity contribution in [2.24, 2.45) is 5.92 Å². The summed E-state index contributed by atoms with van der Waals surface area (Å²) in [6.07, 6.45) is 6.63. The van der Waals surface area contributed by atoms with Gasteiger partial charge in [-0.1, -0.05) is 33.6 Å². The quantitative estimate of drug-likeness (QED) is 0.848. The highest BCUT2D eigenvalue weighted by molar-refractivity contribution is 7.98. The van der Waals surface area contributed by atoms with Crippen LogP contribution in [0, 0.1) is 5.92 Å². The first-order chi connectivity index (χ1) is 9.96. The molecule has 4 nitrogen and oxygen atoms in total. The predicted octanol–water partition coefficient (Wildman–Crippen LogP) is 2.42. The predicted molar refractivity (Wildman–Crippen MR) is 87.3 cm³/mol. The standard InChI is InChI=1S/C16H28N2O2S/c1-5-12(10-21-4)18-13(11(2)3)14(19)17-16(15(18)20)8-6-7-9-16/h11-13H,5-10H2,1-4H3,(H,17,19). The summed E-state index contributed by atoms with van der Waals surface area (Å²) < 4.78 is 0. The maximum absolute atomic E-state index is 13.2. The van der Waals surface area contributed by atoms with Gasteiger partial charge in [-0.05, 0) is 31.4 Å². The number of piperazine rings is 1. The zero-order valence-electron chi connectivity index (χ0n) is 13.6. The highest BCUT2D eigenvalue weighted by Crippen LogP contribution is 2.37. The molecule has 1 aliphatic carbocycles. The van der Waals surface area contributed by atoms with E-state index in [9.17, 15) is 9.59 Å². The lowest BCUT2D eigenvalue weighted by Gasteiger charge is -2.49. The van der Waals surface area contributed by atoms with Crippen LogP contribution in [0.3, 0.4) is 0 Å². The van der Waals surface area contributed by atoms with Crippen LogP contribution in [0.15, 0.2) is 0 Å². The van der Waals surface area contributed by atoms with Crippen LogP contribution in [0.25, 0.3) is 0 Å². The van der Waals surface area contributed by atoms with Gasteiger partial charge in [0.05, 0.1) is 0 Å². The van der Waals surface area contributed by atoms with Crippen molar-refractivity contribution < 1.29 is 9.59 Å². The number of thioether (sulfide) groups is 1. The summed E-state index contributed by atoms with van der Waals surface area (Å²) in [7, 11) is 0. The zero-order chi connectivity index (χ0) is 15.6. The molecular weight excluding hydrogens is 284 g/mol. The van der Waals surface area contributed by atoms with Crippen LogP contribution in [0.1, 0.15) is 52.9 Å². The molecule has 0 aromatic heterocycles. The first-order valence-electron chi connectivity index (χ1n) is 8.10. The number of carbonyl (C=O) groups is 2.